The fraction of sp³-hybridized carbons (Fsp3) is 0.333. The van der Waals surface area contributed by atoms with Crippen molar-refractivity contribution in [2.24, 2.45) is 0 Å². The number of nitrogens with zero attached hydrogens (tertiary/aromatic N) is 2. The highest BCUT2D eigenvalue weighted by Gasteiger charge is 2.34. The molecule has 0 aliphatic carbocycles. The van der Waals surface area contributed by atoms with Gasteiger partial charge in [-0.1, -0.05) is 17.7 Å². The van der Waals surface area contributed by atoms with E-state index in [4.69, 9.17) is 0 Å². The first-order valence-corrected chi connectivity index (χ1v) is 5.12. The van der Waals surface area contributed by atoms with Crippen LogP contribution in [-0.2, 0) is 6.18 Å². The van der Waals surface area contributed by atoms with Crippen LogP contribution in [0.3, 0.4) is 0 Å². The van der Waals surface area contributed by atoms with Crippen LogP contribution < -0.4 is 0 Å². The first-order chi connectivity index (χ1) is 6.99. The van der Waals surface area contributed by atoms with E-state index in [9.17, 15) is 13.2 Å². The van der Waals surface area contributed by atoms with Crippen LogP contribution in [0.1, 0.15) is 18.2 Å². The minimum atomic E-state index is -4.46. The Morgan fingerprint density at radius 2 is 2.07 bits per heavy atom. The molecule has 0 bridgehead atoms. The predicted molar refractivity (Wildman–Crippen MR) is 51.4 cm³/mol. The summed E-state index contributed by atoms with van der Waals surface area (Å²) in [6.45, 7) is 1.46. The van der Waals surface area contributed by atoms with Crippen molar-refractivity contribution in [3.05, 3.63) is 17.5 Å². The van der Waals surface area contributed by atoms with Crippen molar-refractivity contribution in [3.63, 3.8) is 0 Å². The summed E-state index contributed by atoms with van der Waals surface area (Å²) in [6, 6.07) is 0. The third-order valence-electron chi connectivity index (χ3n) is 1.50. The van der Waals surface area contributed by atoms with E-state index < -0.39 is 11.7 Å². The molecule has 0 saturated carbocycles. The number of hydrogen-bond acceptors (Lipinski definition) is 3. The van der Waals surface area contributed by atoms with Crippen LogP contribution in [-0.4, -0.2) is 16.2 Å². The van der Waals surface area contributed by atoms with Crippen molar-refractivity contribution in [1.29, 1.82) is 0 Å². The first kappa shape index (κ1) is 11.9. The minimum Gasteiger partial charge on any atom is -0.230 e. The van der Waals surface area contributed by atoms with E-state index in [-0.39, 0.29) is 10.9 Å². The molecule has 1 aromatic heterocycles. The third kappa shape index (κ3) is 2.86. The molecule has 0 N–H and O–H groups in total. The van der Waals surface area contributed by atoms with Gasteiger partial charge in [0.1, 0.15) is 11.3 Å². The standard InChI is InChI=1S/C9H7F3N2S/c1-3-4-7-6(9(10,11)12)5-13-8(14-7)15-2/h5H,1-2H3. The van der Waals surface area contributed by atoms with Gasteiger partial charge in [0.2, 0.25) is 0 Å². The van der Waals surface area contributed by atoms with Crippen LogP contribution in [0.4, 0.5) is 13.2 Å². The molecular weight excluding hydrogens is 225 g/mol. The predicted octanol–water partition coefficient (Wildman–Crippen LogP) is 2.59. The van der Waals surface area contributed by atoms with Gasteiger partial charge in [0.05, 0.1) is 0 Å². The van der Waals surface area contributed by atoms with Gasteiger partial charge in [0.15, 0.2) is 5.16 Å². The Hall–Kier alpha value is -1.22. The van der Waals surface area contributed by atoms with E-state index in [1.165, 1.54) is 18.7 Å². The van der Waals surface area contributed by atoms with E-state index in [1.807, 2.05) is 0 Å². The summed E-state index contributed by atoms with van der Waals surface area (Å²) in [5, 5.41) is 0.278. The second kappa shape index (κ2) is 4.53. The maximum Gasteiger partial charge on any atom is 0.420 e. The maximum atomic E-state index is 12.5. The highest BCUT2D eigenvalue weighted by atomic mass is 32.2. The minimum absolute atomic E-state index is 0.274. The smallest absolute Gasteiger partial charge is 0.230 e. The molecule has 15 heavy (non-hydrogen) atoms. The molecule has 0 amide bonds. The lowest BCUT2D eigenvalue weighted by molar-refractivity contribution is -0.138. The molecule has 1 rings (SSSR count). The number of rotatable bonds is 1. The SMILES string of the molecule is CC#Cc1nc(SC)ncc1C(F)(F)F. The molecule has 0 spiro atoms. The van der Waals surface area contributed by atoms with Gasteiger partial charge in [0.25, 0.3) is 0 Å². The van der Waals surface area contributed by atoms with Gasteiger partial charge < -0.3 is 0 Å². The molecule has 1 aromatic rings. The highest BCUT2D eigenvalue weighted by molar-refractivity contribution is 7.98. The van der Waals surface area contributed by atoms with Gasteiger partial charge in [-0.3, -0.25) is 0 Å². The van der Waals surface area contributed by atoms with Crippen LogP contribution in [0.25, 0.3) is 0 Å². The largest absolute Gasteiger partial charge is 0.420 e. The fourth-order valence-corrected chi connectivity index (χ4v) is 1.23. The lowest BCUT2D eigenvalue weighted by atomic mass is 10.2. The van der Waals surface area contributed by atoms with E-state index >= 15 is 0 Å². The normalized spacial score (nSPS) is 10.7. The summed E-state index contributed by atoms with van der Waals surface area (Å²) in [6.07, 6.45) is -2.01. The molecule has 2 nitrogen and oxygen atoms in total. The quantitative estimate of drug-likeness (QED) is 0.423. The van der Waals surface area contributed by atoms with Gasteiger partial charge in [-0.25, -0.2) is 9.97 Å². The Labute approximate surface area is 89.3 Å². The second-order valence-corrected chi connectivity index (χ2v) is 3.27. The zero-order valence-electron chi connectivity index (χ0n) is 8.01. The Kier molecular flexibility index (Phi) is 3.58. The Balaban J connectivity index is 3.32. The van der Waals surface area contributed by atoms with Crippen molar-refractivity contribution >= 4 is 11.8 Å². The molecular formula is C9H7F3N2S. The van der Waals surface area contributed by atoms with Crippen LogP contribution in [0.5, 0.6) is 0 Å². The molecule has 0 aliphatic rings. The number of aromatic nitrogens is 2. The van der Waals surface area contributed by atoms with Gasteiger partial charge in [-0.05, 0) is 19.1 Å². The number of alkyl halides is 3. The van der Waals surface area contributed by atoms with Crippen LogP contribution in [0.2, 0.25) is 0 Å². The third-order valence-corrected chi connectivity index (χ3v) is 2.06. The summed E-state index contributed by atoms with van der Waals surface area (Å²) < 4.78 is 37.4. The Bertz CT molecular complexity index is 418. The van der Waals surface area contributed by atoms with E-state index in [2.05, 4.69) is 21.8 Å². The summed E-state index contributed by atoms with van der Waals surface area (Å²) in [4.78, 5) is 7.28. The first-order valence-electron chi connectivity index (χ1n) is 3.90. The van der Waals surface area contributed by atoms with Crippen LogP contribution in [0, 0.1) is 11.8 Å². The summed E-state index contributed by atoms with van der Waals surface area (Å²) in [5.74, 6) is 4.72. The van der Waals surface area contributed by atoms with Gasteiger partial charge >= 0.3 is 6.18 Å². The van der Waals surface area contributed by atoms with Gasteiger partial charge in [-0.15, -0.1) is 0 Å². The zero-order chi connectivity index (χ0) is 11.5. The average Bonchev–Trinajstić information content (AvgIpc) is 2.16. The van der Waals surface area contributed by atoms with E-state index in [0.717, 1.165) is 6.20 Å². The molecule has 0 atom stereocenters. The Morgan fingerprint density at radius 1 is 1.40 bits per heavy atom. The van der Waals surface area contributed by atoms with Crippen molar-refractivity contribution in [2.75, 3.05) is 6.26 Å². The maximum absolute atomic E-state index is 12.5. The summed E-state index contributed by atoms with van der Waals surface area (Å²) in [5.41, 5.74) is -1.17. The van der Waals surface area contributed by atoms with Crippen molar-refractivity contribution in [3.8, 4) is 11.8 Å². The summed E-state index contributed by atoms with van der Waals surface area (Å²) in [7, 11) is 0. The topological polar surface area (TPSA) is 25.8 Å². The highest BCUT2D eigenvalue weighted by Crippen LogP contribution is 2.31. The average molecular weight is 232 g/mol. The Morgan fingerprint density at radius 3 is 2.53 bits per heavy atom. The van der Waals surface area contributed by atoms with E-state index in [1.54, 1.807) is 6.26 Å². The molecule has 0 aliphatic heterocycles. The molecule has 0 saturated heterocycles. The molecule has 0 unspecified atom stereocenters. The van der Waals surface area contributed by atoms with E-state index in [0.29, 0.717) is 0 Å². The molecule has 80 valence electrons. The molecule has 0 aromatic carbocycles. The van der Waals surface area contributed by atoms with Gasteiger partial charge in [-0.2, -0.15) is 13.2 Å². The van der Waals surface area contributed by atoms with Gasteiger partial charge in [0, 0.05) is 6.20 Å². The van der Waals surface area contributed by atoms with Crippen LogP contribution >= 0.6 is 11.8 Å². The number of hydrogen-bond donors (Lipinski definition) is 0. The van der Waals surface area contributed by atoms with Crippen LogP contribution in [0.15, 0.2) is 11.4 Å². The fourth-order valence-electron chi connectivity index (χ4n) is 0.885. The molecule has 6 heteroatoms. The zero-order valence-corrected chi connectivity index (χ0v) is 8.83. The van der Waals surface area contributed by atoms with Crippen molar-refractivity contribution < 1.29 is 13.2 Å². The number of thioether (sulfide) groups is 1. The second-order valence-electron chi connectivity index (χ2n) is 2.49. The molecule has 1 heterocycles. The molecule has 0 radical (unpaired) electrons. The van der Waals surface area contributed by atoms with Crippen molar-refractivity contribution in [2.45, 2.75) is 18.3 Å². The number of halogens is 3. The summed E-state index contributed by atoms with van der Waals surface area (Å²) >= 11 is 1.17. The monoisotopic (exact) mass is 232 g/mol. The lowest BCUT2D eigenvalue weighted by Crippen LogP contribution is -2.10. The molecule has 0 fully saturated rings. The van der Waals surface area contributed by atoms with Crippen molar-refractivity contribution in [1.82, 2.24) is 9.97 Å². The lowest BCUT2D eigenvalue weighted by Gasteiger charge is -2.08.